The van der Waals surface area contributed by atoms with Crippen molar-refractivity contribution >= 4 is 6.03 Å². The summed E-state index contributed by atoms with van der Waals surface area (Å²) in [5.74, 6) is 0.825. The molecule has 0 radical (unpaired) electrons. The van der Waals surface area contributed by atoms with Crippen LogP contribution >= 0.6 is 0 Å². The van der Waals surface area contributed by atoms with Gasteiger partial charge in [0.1, 0.15) is 0 Å². The standard InChI is InChI=1S/C12H24N2O2/c1-2-7-13-12(16)14-8-10-5-3-4-6-11(10)9-15/h10-11,15H,2-9H2,1H3,(H2,13,14,16). The quantitative estimate of drug-likeness (QED) is 0.667. The van der Waals surface area contributed by atoms with Crippen LogP contribution in [0.4, 0.5) is 4.79 Å². The molecule has 0 saturated heterocycles. The van der Waals surface area contributed by atoms with Crippen molar-refractivity contribution in [2.24, 2.45) is 11.8 Å². The lowest BCUT2D eigenvalue weighted by Gasteiger charge is -2.30. The van der Waals surface area contributed by atoms with Crippen LogP contribution in [0.1, 0.15) is 39.0 Å². The number of rotatable bonds is 5. The van der Waals surface area contributed by atoms with Gasteiger partial charge in [0.25, 0.3) is 0 Å². The molecule has 0 heterocycles. The van der Waals surface area contributed by atoms with Crippen molar-refractivity contribution < 1.29 is 9.90 Å². The van der Waals surface area contributed by atoms with E-state index in [2.05, 4.69) is 10.6 Å². The van der Waals surface area contributed by atoms with E-state index in [1.54, 1.807) is 0 Å². The zero-order chi connectivity index (χ0) is 11.8. The molecule has 0 spiro atoms. The van der Waals surface area contributed by atoms with Crippen molar-refractivity contribution in [3.05, 3.63) is 0 Å². The molecule has 1 fully saturated rings. The van der Waals surface area contributed by atoms with Crippen LogP contribution < -0.4 is 10.6 Å². The highest BCUT2D eigenvalue weighted by atomic mass is 16.3. The minimum atomic E-state index is -0.0795. The summed E-state index contributed by atoms with van der Waals surface area (Å²) >= 11 is 0. The van der Waals surface area contributed by atoms with Gasteiger partial charge >= 0.3 is 6.03 Å². The highest BCUT2D eigenvalue weighted by Gasteiger charge is 2.24. The first-order chi connectivity index (χ1) is 7.77. The number of hydrogen-bond acceptors (Lipinski definition) is 2. The summed E-state index contributed by atoms with van der Waals surface area (Å²) in [6, 6.07) is -0.0795. The topological polar surface area (TPSA) is 61.4 Å². The molecule has 94 valence electrons. The van der Waals surface area contributed by atoms with E-state index in [4.69, 9.17) is 0 Å². The highest BCUT2D eigenvalue weighted by molar-refractivity contribution is 5.73. The van der Waals surface area contributed by atoms with Gasteiger partial charge in [0, 0.05) is 19.7 Å². The second-order valence-electron chi connectivity index (χ2n) is 4.62. The van der Waals surface area contributed by atoms with Crippen LogP contribution in [0.3, 0.4) is 0 Å². The summed E-state index contributed by atoms with van der Waals surface area (Å²) in [4.78, 5) is 11.4. The summed E-state index contributed by atoms with van der Waals surface area (Å²) < 4.78 is 0. The lowest BCUT2D eigenvalue weighted by molar-refractivity contribution is 0.134. The monoisotopic (exact) mass is 228 g/mol. The minimum Gasteiger partial charge on any atom is -0.396 e. The van der Waals surface area contributed by atoms with Crippen molar-refractivity contribution in [2.45, 2.75) is 39.0 Å². The van der Waals surface area contributed by atoms with Gasteiger partial charge in [0.05, 0.1) is 0 Å². The van der Waals surface area contributed by atoms with Gasteiger partial charge in [-0.2, -0.15) is 0 Å². The summed E-state index contributed by atoms with van der Waals surface area (Å²) in [6.07, 6.45) is 5.61. The van der Waals surface area contributed by atoms with Crippen LogP contribution in [0.2, 0.25) is 0 Å². The molecule has 0 aromatic rings. The Morgan fingerprint density at radius 2 is 1.94 bits per heavy atom. The molecule has 4 nitrogen and oxygen atoms in total. The first-order valence-corrected chi connectivity index (χ1v) is 6.40. The van der Waals surface area contributed by atoms with E-state index in [9.17, 15) is 9.90 Å². The molecule has 0 aromatic heterocycles. The second kappa shape index (κ2) is 7.49. The third kappa shape index (κ3) is 4.39. The largest absolute Gasteiger partial charge is 0.396 e. The summed E-state index contributed by atoms with van der Waals surface area (Å²) in [5.41, 5.74) is 0. The first kappa shape index (κ1) is 13.3. The summed E-state index contributed by atoms with van der Waals surface area (Å²) in [5, 5.41) is 14.9. The molecule has 0 aromatic carbocycles. The average Bonchev–Trinajstić information content (AvgIpc) is 2.34. The van der Waals surface area contributed by atoms with E-state index in [0.717, 1.165) is 25.8 Å². The predicted molar refractivity (Wildman–Crippen MR) is 64.2 cm³/mol. The predicted octanol–water partition coefficient (Wildman–Crippen LogP) is 1.49. The fourth-order valence-corrected chi connectivity index (χ4v) is 2.32. The number of carbonyl (C=O) groups excluding carboxylic acids is 1. The van der Waals surface area contributed by atoms with Crippen LogP contribution in [0.5, 0.6) is 0 Å². The number of hydrogen-bond donors (Lipinski definition) is 3. The number of aliphatic hydroxyl groups excluding tert-OH is 1. The molecule has 1 rings (SSSR count). The lowest BCUT2D eigenvalue weighted by Crippen LogP contribution is -2.41. The Hall–Kier alpha value is -0.770. The molecule has 16 heavy (non-hydrogen) atoms. The van der Waals surface area contributed by atoms with E-state index in [1.165, 1.54) is 12.8 Å². The zero-order valence-electron chi connectivity index (χ0n) is 10.2. The molecule has 2 atom stereocenters. The van der Waals surface area contributed by atoms with Gasteiger partial charge in [-0.05, 0) is 31.1 Å². The van der Waals surface area contributed by atoms with E-state index < -0.39 is 0 Å². The van der Waals surface area contributed by atoms with Gasteiger partial charge in [-0.25, -0.2) is 4.79 Å². The van der Waals surface area contributed by atoms with Crippen molar-refractivity contribution in [3.8, 4) is 0 Å². The maximum atomic E-state index is 11.4. The Labute approximate surface area is 97.8 Å². The molecule has 1 aliphatic rings. The second-order valence-corrected chi connectivity index (χ2v) is 4.62. The summed E-state index contributed by atoms with van der Waals surface area (Å²) in [6.45, 7) is 3.70. The molecule has 2 amide bonds. The normalized spacial score (nSPS) is 25.1. The molecule has 2 unspecified atom stereocenters. The Kier molecular flexibility index (Phi) is 6.23. The van der Waals surface area contributed by atoms with Crippen molar-refractivity contribution in [3.63, 3.8) is 0 Å². The Bertz CT molecular complexity index is 209. The van der Waals surface area contributed by atoms with Crippen molar-refractivity contribution in [1.29, 1.82) is 0 Å². The molecule has 4 heteroatoms. The van der Waals surface area contributed by atoms with Gasteiger partial charge in [-0.1, -0.05) is 19.8 Å². The number of aliphatic hydroxyl groups is 1. The maximum Gasteiger partial charge on any atom is 0.314 e. The van der Waals surface area contributed by atoms with E-state index in [-0.39, 0.29) is 12.6 Å². The zero-order valence-corrected chi connectivity index (χ0v) is 10.2. The number of amides is 2. The molecule has 0 aliphatic heterocycles. The first-order valence-electron chi connectivity index (χ1n) is 6.40. The van der Waals surface area contributed by atoms with E-state index >= 15 is 0 Å². The number of urea groups is 1. The fraction of sp³-hybridized carbons (Fsp3) is 0.917. The average molecular weight is 228 g/mol. The molecular weight excluding hydrogens is 204 g/mol. The maximum absolute atomic E-state index is 11.4. The van der Waals surface area contributed by atoms with Gasteiger partial charge in [0.2, 0.25) is 0 Å². The van der Waals surface area contributed by atoms with Gasteiger partial charge in [-0.15, -0.1) is 0 Å². The Morgan fingerprint density at radius 1 is 1.25 bits per heavy atom. The van der Waals surface area contributed by atoms with Crippen LogP contribution in [0, 0.1) is 11.8 Å². The van der Waals surface area contributed by atoms with E-state index in [0.29, 0.717) is 18.4 Å². The molecular formula is C12H24N2O2. The highest BCUT2D eigenvalue weighted by Crippen LogP contribution is 2.28. The van der Waals surface area contributed by atoms with Gasteiger partial charge in [0.15, 0.2) is 0 Å². The smallest absolute Gasteiger partial charge is 0.314 e. The third-order valence-electron chi connectivity index (χ3n) is 3.36. The lowest BCUT2D eigenvalue weighted by atomic mass is 9.80. The SMILES string of the molecule is CCCNC(=O)NCC1CCCCC1CO. The van der Waals surface area contributed by atoms with Crippen LogP contribution in [-0.2, 0) is 0 Å². The third-order valence-corrected chi connectivity index (χ3v) is 3.36. The molecule has 1 saturated carbocycles. The van der Waals surface area contributed by atoms with Crippen molar-refractivity contribution in [1.82, 2.24) is 10.6 Å². The molecule has 1 aliphatic carbocycles. The Morgan fingerprint density at radius 3 is 2.56 bits per heavy atom. The molecule has 3 N–H and O–H groups in total. The minimum absolute atomic E-state index is 0.0795. The number of nitrogens with one attached hydrogen (secondary N) is 2. The fourth-order valence-electron chi connectivity index (χ4n) is 2.32. The summed E-state index contributed by atoms with van der Waals surface area (Å²) in [7, 11) is 0. The molecule has 0 bridgehead atoms. The van der Waals surface area contributed by atoms with Crippen molar-refractivity contribution in [2.75, 3.05) is 19.7 Å². The van der Waals surface area contributed by atoms with Gasteiger partial charge in [-0.3, -0.25) is 0 Å². The van der Waals surface area contributed by atoms with Crippen LogP contribution in [0.15, 0.2) is 0 Å². The van der Waals surface area contributed by atoms with E-state index in [1.807, 2.05) is 6.92 Å². The Balaban J connectivity index is 2.21. The van der Waals surface area contributed by atoms with Crippen LogP contribution in [0.25, 0.3) is 0 Å². The number of carbonyl (C=O) groups is 1. The van der Waals surface area contributed by atoms with Gasteiger partial charge < -0.3 is 15.7 Å². The van der Waals surface area contributed by atoms with Crippen LogP contribution in [-0.4, -0.2) is 30.8 Å².